The molecule has 2 nitrogen and oxygen atoms in total. The molecule has 0 aliphatic carbocycles. The second-order valence-corrected chi connectivity index (χ2v) is 6.39. The van der Waals surface area contributed by atoms with Gasteiger partial charge in [0.05, 0.1) is 0 Å². The van der Waals surface area contributed by atoms with Crippen molar-refractivity contribution in [2.45, 2.75) is 39.0 Å². The lowest BCUT2D eigenvalue weighted by Crippen LogP contribution is -2.37. The quantitative estimate of drug-likeness (QED) is 0.536. The smallest absolute Gasteiger partial charge is 0.211 e. The van der Waals surface area contributed by atoms with Gasteiger partial charge in [-0.3, -0.25) is 0 Å². The molecule has 0 amide bonds. The van der Waals surface area contributed by atoms with E-state index in [0.717, 1.165) is 6.42 Å². The van der Waals surface area contributed by atoms with Crippen molar-refractivity contribution in [2.24, 2.45) is 0 Å². The van der Waals surface area contributed by atoms with Gasteiger partial charge in [0, 0.05) is 7.11 Å². The third-order valence-electron chi connectivity index (χ3n) is 2.63. The lowest BCUT2D eigenvalue weighted by atomic mass is 10.4. The summed E-state index contributed by atoms with van der Waals surface area (Å²) in [5.74, 6) is 0. The van der Waals surface area contributed by atoms with Crippen LogP contribution in [0.5, 0.6) is 0 Å². The van der Waals surface area contributed by atoms with Gasteiger partial charge in [-0.1, -0.05) is 50.6 Å². The topological polar surface area (TPSA) is 18.5 Å². The Bertz CT molecular complexity index is 273. The Balaban J connectivity index is 2.67. The first-order valence-electron chi connectivity index (χ1n) is 6.05. The summed E-state index contributed by atoms with van der Waals surface area (Å²) in [6, 6.07) is 11.7. The molecule has 90 valence electrons. The summed E-state index contributed by atoms with van der Waals surface area (Å²) in [6.07, 6.45) is 2.05. The van der Waals surface area contributed by atoms with Crippen molar-refractivity contribution < 1.29 is 9.16 Å². The van der Waals surface area contributed by atoms with Gasteiger partial charge < -0.3 is 9.16 Å². The summed E-state index contributed by atoms with van der Waals surface area (Å²) >= 11 is 0. The Kier molecular flexibility index (Phi) is 6.38. The van der Waals surface area contributed by atoms with Crippen molar-refractivity contribution in [3.8, 4) is 0 Å². The fourth-order valence-electron chi connectivity index (χ4n) is 1.74. The lowest BCUT2D eigenvalue weighted by molar-refractivity contribution is -0.0565. The van der Waals surface area contributed by atoms with Gasteiger partial charge in [0.25, 0.3) is 0 Å². The van der Waals surface area contributed by atoms with Gasteiger partial charge in [-0.2, -0.15) is 0 Å². The Hall–Kier alpha value is -0.643. The molecular weight excluding hydrogens is 216 g/mol. The Labute approximate surface area is 100 Å². The molecule has 0 fully saturated rings. The zero-order chi connectivity index (χ0) is 11.8. The minimum atomic E-state index is -1.31. The molecule has 2 unspecified atom stereocenters. The molecule has 0 aliphatic rings. The summed E-state index contributed by atoms with van der Waals surface area (Å²) in [6.45, 7) is 4.30. The predicted octanol–water partition coefficient (Wildman–Crippen LogP) is 2.43. The number of methoxy groups -OCH3 is 1. The van der Waals surface area contributed by atoms with E-state index in [-0.39, 0.29) is 6.29 Å². The number of hydrogen-bond acceptors (Lipinski definition) is 2. The SMILES string of the molecule is CCC[SiH](OC(CC)OC)c1ccccc1. The molecule has 0 radical (unpaired) electrons. The summed E-state index contributed by atoms with van der Waals surface area (Å²) < 4.78 is 11.4. The molecule has 0 spiro atoms. The largest absolute Gasteiger partial charge is 0.391 e. The van der Waals surface area contributed by atoms with Gasteiger partial charge in [0.1, 0.15) is 6.29 Å². The number of benzene rings is 1. The maximum absolute atomic E-state index is 6.09. The van der Waals surface area contributed by atoms with Gasteiger partial charge in [-0.25, -0.2) is 0 Å². The van der Waals surface area contributed by atoms with Crippen LogP contribution in [0.1, 0.15) is 26.7 Å². The van der Waals surface area contributed by atoms with E-state index in [1.54, 1.807) is 7.11 Å². The highest BCUT2D eigenvalue weighted by molar-refractivity contribution is 6.67. The van der Waals surface area contributed by atoms with Crippen LogP contribution in [0.15, 0.2) is 30.3 Å². The molecule has 0 aliphatic heterocycles. The minimum Gasteiger partial charge on any atom is -0.391 e. The summed E-state index contributed by atoms with van der Waals surface area (Å²) in [7, 11) is 0.409. The molecule has 2 atom stereocenters. The molecule has 0 saturated heterocycles. The summed E-state index contributed by atoms with van der Waals surface area (Å²) in [5.41, 5.74) is 0. The van der Waals surface area contributed by atoms with Gasteiger partial charge >= 0.3 is 0 Å². The van der Waals surface area contributed by atoms with Crippen LogP contribution in [-0.4, -0.2) is 22.4 Å². The maximum Gasteiger partial charge on any atom is 0.211 e. The average molecular weight is 238 g/mol. The highest BCUT2D eigenvalue weighted by atomic mass is 28.3. The molecule has 16 heavy (non-hydrogen) atoms. The zero-order valence-corrected chi connectivity index (χ0v) is 11.6. The molecular formula is C13H22O2Si. The van der Waals surface area contributed by atoms with Crippen LogP contribution in [0.3, 0.4) is 0 Å². The monoisotopic (exact) mass is 238 g/mol. The molecule has 0 saturated carbocycles. The third-order valence-corrected chi connectivity index (χ3v) is 5.50. The molecule has 3 heteroatoms. The molecule has 0 heterocycles. The second kappa shape index (κ2) is 7.60. The van der Waals surface area contributed by atoms with Crippen LogP contribution < -0.4 is 5.19 Å². The van der Waals surface area contributed by atoms with E-state index in [4.69, 9.17) is 9.16 Å². The summed E-state index contributed by atoms with van der Waals surface area (Å²) in [4.78, 5) is 0. The normalized spacial score (nSPS) is 14.7. The van der Waals surface area contributed by atoms with Gasteiger partial charge in [-0.05, 0) is 17.7 Å². The van der Waals surface area contributed by atoms with Crippen LogP contribution in [0.4, 0.5) is 0 Å². The van der Waals surface area contributed by atoms with Crippen LogP contribution in [0.2, 0.25) is 6.04 Å². The van der Waals surface area contributed by atoms with Crippen LogP contribution in [0, 0.1) is 0 Å². The molecule has 1 aromatic rings. The van der Waals surface area contributed by atoms with E-state index in [1.807, 2.05) is 0 Å². The number of rotatable bonds is 7. The van der Waals surface area contributed by atoms with Gasteiger partial charge in [0.15, 0.2) is 0 Å². The van der Waals surface area contributed by atoms with Crippen LogP contribution >= 0.6 is 0 Å². The third kappa shape index (κ3) is 4.08. The first kappa shape index (κ1) is 13.4. The highest BCUT2D eigenvalue weighted by Crippen LogP contribution is 2.07. The fraction of sp³-hybridized carbons (Fsp3) is 0.538. The molecule has 0 N–H and O–H groups in total. The van der Waals surface area contributed by atoms with Crippen molar-refractivity contribution in [3.05, 3.63) is 30.3 Å². The average Bonchev–Trinajstić information content (AvgIpc) is 2.35. The van der Waals surface area contributed by atoms with Crippen LogP contribution in [0.25, 0.3) is 0 Å². The van der Waals surface area contributed by atoms with Crippen molar-refractivity contribution >= 4 is 14.2 Å². The van der Waals surface area contributed by atoms with E-state index in [2.05, 4.69) is 44.2 Å². The molecule has 0 aromatic heterocycles. The minimum absolute atomic E-state index is 0.0385. The second-order valence-electron chi connectivity index (χ2n) is 3.90. The van der Waals surface area contributed by atoms with Crippen LogP contribution in [-0.2, 0) is 9.16 Å². The molecule has 1 rings (SSSR count). The van der Waals surface area contributed by atoms with Crippen molar-refractivity contribution in [1.82, 2.24) is 0 Å². The van der Waals surface area contributed by atoms with Crippen molar-refractivity contribution in [1.29, 1.82) is 0 Å². The van der Waals surface area contributed by atoms with E-state index in [9.17, 15) is 0 Å². The van der Waals surface area contributed by atoms with E-state index >= 15 is 0 Å². The standard InChI is InChI=1S/C13H22O2Si/c1-4-11-16(15-13(5-2)14-3)12-9-7-6-8-10-12/h6-10,13,16H,4-5,11H2,1-3H3. The lowest BCUT2D eigenvalue weighted by Gasteiger charge is -2.22. The Morgan fingerprint density at radius 2 is 1.88 bits per heavy atom. The first-order chi connectivity index (χ1) is 7.81. The van der Waals surface area contributed by atoms with Crippen molar-refractivity contribution in [2.75, 3.05) is 7.11 Å². The van der Waals surface area contributed by atoms with E-state index in [1.165, 1.54) is 17.7 Å². The van der Waals surface area contributed by atoms with Gasteiger partial charge in [-0.15, -0.1) is 0 Å². The maximum atomic E-state index is 6.09. The predicted molar refractivity (Wildman–Crippen MR) is 70.5 cm³/mol. The molecule has 1 aromatic carbocycles. The molecule has 0 bridgehead atoms. The Morgan fingerprint density at radius 3 is 2.38 bits per heavy atom. The Morgan fingerprint density at radius 1 is 1.19 bits per heavy atom. The van der Waals surface area contributed by atoms with E-state index < -0.39 is 9.04 Å². The highest BCUT2D eigenvalue weighted by Gasteiger charge is 2.17. The summed E-state index contributed by atoms with van der Waals surface area (Å²) in [5, 5.41) is 1.37. The van der Waals surface area contributed by atoms with E-state index in [0.29, 0.717) is 0 Å². The number of hydrogen-bond donors (Lipinski definition) is 0. The van der Waals surface area contributed by atoms with Crippen molar-refractivity contribution in [3.63, 3.8) is 0 Å². The number of ether oxygens (including phenoxy) is 1. The fourth-order valence-corrected chi connectivity index (χ4v) is 4.22. The zero-order valence-electron chi connectivity index (χ0n) is 10.5. The first-order valence-corrected chi connectivity index (χ1v) is 7.91. The van der Waals surface area contributed by atoms with Gasteiger partial charge in [0.2, 0.25) is 9.04 Å².